The van der Waals surface area contributed by atoms with Crippen molar-refractivity contribution >= 4 is 24.2 Å². The van der Waals surface area contributed by atoms with E-state index in [0.29, 0.717) is 43.2 Å². The lowest BCUT2D eigenvalue weighted by molar-refractivity contribution is -0.137. The number of amides is 2. The smallest absolute Gasteiger partial charge is 0.223 e. The molecule has 3 atom stereocenters. The molecule has 26 heavy (non-hydrogen) atoms. The summed E-state index contributed by atoms with van der Waals surface area (Å²) < 4.78 is 0. The van der Waals surface area contributed by atoms with Crippen LogP contribution in [0.3, 0.4) is 0 Å². The van der Waals surface area contributed by atoms with E-state index in [-0.39, 0.29) is 30.3 Å². The number of nitrogens with two attached hydrogens (primary N) is 1. The van der Waals surface area contributed by atoms with Gasteiger partial charge < -0.3 is 16.0 Å². The Morgan fingerprint density at radius 1 is 1.23 bits per heavy atom. The predicted molar refractivity (Wildman–Crippen MR) is 108 cm³/mol. The number of carbonyl (C=O) groups excluding carboxylic acids is 2. The first kappa shape index (κ1) is 23.2. The van der Waals surface area contributed by atoms with E-state index >= 15 is 0 Å². The highest BCUT2D eigenvalue weighted by Crippen LogP contribution is 2.43. The lowest BCUT2D eigenvalue weighted by atomic mass is 9.67. The van der Waals surface area contributed by atoms with E-state index in [1.165, 1.54) is 12.8 Å². The first-order valence-electron chi connectivity index (χ1n) is 10.1. The van der Waals surface area contributed by atoms with Crippen molar-refractivity contribution < 1.29 is 9.59 Å². The minimum Gasteiger partial charge on any atom is -0.354 e. The maximum absolute atomic E-state index is 13.0. The molecule has 3 N–H and O–H groups in total. The minimum absolute atomic E-state index is 0. The Hall–Kier alpha value is -0.810. The molecule has 3 unspecified atom stereocenters. The molecule has 2 amide bonds. The normalized spacial score (nSPS) is 28.2. The van der Waals surface area contributed by atoms with Crippen LogP contribution in [0.5, 0.6) is 0 Å². The summed E-state index contributed by atoms with van der Waals surface area (Å²) in [6.07, 6.45) is 7.80. The highest BCUT2D eigenvalue weighted by Gasteiger charge is 2.35. The summed E-state index contributed by atoms with van der Waals surface area (Å²) in [6, 6.07) is 0.150. The van der Waals surface area contributed by atoms with Gasteiger partial charge in [0, 0.05) is 38.5 Å². The number of hydrogen-bond acceptors (Lipinski definition) is 3. The summed E-state index contributed by atoms with van der Waals surface area (Å²) in [7, 11) is 0. The van der Waals surface area contributed by atoms with Gasteiger partial charge in [-0.15, -0.1) is 12.4 Å². The van der Waals surface area contributed by atoms with Crippen LogP contribution in [0.15, 0.2) is 0 Å². The van der Waals surface area contributed by atoms with Crippen LogP contribution in [0.4, 0.5) is 0 Å². The van der Waals surface area contributed by atoms with Gasteiger partial charge >= 0.3 is 0 Å². The number of nitrogens with zero attached hydrogens (tertiary/aromatic N) is 1. The number of nitrogens with one attached hydrogen (secondary N) is 1. The first-order valence-corrected chi connectivity index (χ1v) is 10.1. The van der Waals surface area contributed by atoms with Crippen molar-refractivity contribution in [3.05, 3.63) is 0 Å². The van der Waals surface area contributed by atoms with Gasteiger partial charge in [-0.25, -0.2) is 0 Å². The Morgan fingerprint density at radius 3 is 2.62 bits per heavy atom. The second-order valence-corrected chi connectivity index (χ2v) is 9.06. The standard InChI is InChI=1S/C20H37N3O2.ClH/c1-15-10-16(13-20(2,3)12-15)11-19(25)23-9-5-4-6-17(23)14-22-18(24)7-8-21;/h15-17H,4-14,21H2,1-3H3,(H,22,24);1H. The van der Waals surface area contributed by atoms with Gasteiger partial charge in [0.15, 0.2) is 0 Å². The van der Waals surface area contributed by atoms with Gasteiger partial charge in [0.2, 0.25) is 11.8 Å². The molecular weight excluding hydrogens is 350 g/mol. The SMILES string of the molecule is CC1CC(CC(=O)N2CCCCC2CNC(=O)CCN)CC(C)(C)C1.Cl. The molecular formula is C20H38ClN3O2. The maximum Gasteiger partial charge on any atom is 0.223 e. The van der Waals surface area contributed by atoms with Crippen molar-refractivity contribution in [2.45, 2.75) is 78.2 Å². The second kappa shape index (κ2) is 10.5. The minimum atomic E-state index is -0.0108. The highest BCUT2D eigenvalue weighted by molar-refractivity contribution is 5.85. The van der Waals surface area contributed by atoms with Crippen molar-refractivity contribution in [2.75, 3.05) is 19.6 Å². The molecule has 1 aliphatic carbocycles. The van der Waals surface area contributed by atoms with Gasteiger partial charge in [0.25, 0.3) is 0 Å². The Bertz CT molecular complexity index is 470. The molecule has 0 bridgehead atoms. The maximum atomic E-state index is 13.0. The number of piperidine rings is 1. The quantitative estimate of drug-likeness (QED) is 0.735. The summed E-state index contributed by atoms with van der Waals surface area (Å²) in [5.74, 6) is 1.48. The lowest BCUT2D eigenvalue weighted by Crippen LogP contribution is -2.50. The number of likely N-dealkylation sites (tertiary alicyclic amines) is 1. The predicted octanol–water partition coefficient (Wildman–Crippen LogP) is 3.11. The second-order valence-electron chi connectivity index (χ2n) is 9.06. The van der Waals surface area contributed by atoms with E-state index in [9.17, 15) is 9.59 Å². The molecule has 1 heterocycles. The molecule has 152 valence electrons. The van der Waals surface area contributed by atoms with Gasteiger partial charge in [-0.2, -0.15) is 0 Å². The molecule has 0 aromatic heterocycles. The van der Waals surface area contributed by atoms with Crippen LogP contribution in [0, 0.1) is 17.3 Å². The molecule has 0 aromatic rings. The van der Waals surface area contributed by atoms with Crippen LogP contribution in [-0.2, 0) is 9.59 Å². The molecule has 1 saturated heterocycles. The molecule has 0 radical (unpaired) electrons. The van der Waals surface area contributed by atoms with Crippen LogP contribution < -0.4 is 11.1 Å². The van der Waals surface area contributed by atoms with Crippen LogP contribution in [-0.4, -0.2) is 42.4 Å². The van der Waals surface area contributed by atoms with E-state index in [1.807, 2.05) is 4.90 Å². The van der Waals surface area contributed by atoms with E-state index < -0.39 is 0 Å². The van der Waals surface area contributed by atoms with Gasteiger partial charge in [0.05, 0.1) is 0 Å². The number of halogens is 1. The fraction of sp³-hybridized carbons (Fsp3) is 0.900. The fourth-order valence-corrected chi connectivity index (χ4v) is 5.06. The molecule has 1 aliphatic heterocycles. The molecule has 6 heteroatoms. The Kier molecular flexibility index (Phi) is 9.39. The van der Waals surface area contributed by atoms with Crippen molar-refractivity contribution in [1.82, 2.24) is 10.2 Å². The zero-order chi connectivity index (χ0) is 18.4. The number of rotatable bonds is 6. The van der Waals surface area contributed by atoms with Crippen molar-refractivity contribution in [1.29, 1.82) is 0 Å². The number of hydrogen-bond donors (Lipinski definition) is 2. The van der Waals surface area contributed by atoms with Gasteiger partial charge in [-0.1, -0.05) is 20.8 Å². The lowest BCUT2D eigenvalue weighted by Gasteiger charge is -2.41. The summed E-state index contributed by atoms with van der Waals surface area (Å²) in [4.78, 5) is 26.7. The average Bonchev–Trinajstić information content (AvgIpc) is 2.51. The van der Waals surface area contributed by atoms with E-state index in [2.05, 4.69) is 26.1 Å². The third kappa shape index (κ3) is 7.07. The number of carbonyl (C=O) groups is 2. The molecule has 0 aromatic carbocycles. The van der Waals surface area contributed by atoms with E-state index in [1.54, 1.807) is 0 Å². The van der Waals surface area contributed by atoms with E-state index in [0.717, 1.165) is 32.2 Å². The van der Waals surface area contributed by atoms with Crippen LogP contribution >= 0.6 is 12.4 Å². The molecule has 0 spiro atoms. The van der Waals surface area contributed by atoms with Gasteiger partial charge in [0.1, 0.15) is 0 Å². The first-order chi connectivity index (χ1) is 11.8. The Balaban J connectivity index is 0.00000338. The average molecular weight is 388 g/mol. The molecule has 2 aliphatic rings. The Morgan fingerprint density at radius 2 is 1.96 bits per heavy atom. The topological polar surface area (TPSA) is 75.4 Å². The van der Waals surface area contributed by atoms with Crippen LogP contribution in [0.1, 0.15) is 72.1 Å². The zero-order valence-electron chi connectivity index (χ0n) is 16.8. The molecule has 1 saturated carbocycles. The highest BCUT2D eigenvalue weighted by atomic mass is 35.5. The van der Waals surface area contributed by atoms with Crippen molar-refractivity contribution in [3.63, 3.8) is 0 Å². The van der Waals surface area contributed by atoms with E-state index in [4.69, 9.17) is 5.73 Å². The zero-order valence-corrected chi connectivity index (χ0v) is 17.6. The third-order valence-electron chi connectivity index (χ3n) is 5.80. The van der Waals surface area contributed by atoms with Crippen molar-refractivity contribution in [3.8, 4) is 0 Å². The molecule has 2 fully saturated rings. The monoisotopic (exact) mass is 387 g/mol. The largest absolute Gasteiger partial charge is 0.354 e. The fourth-order valence-electron chi connectivity index (χ4n) is 5.06. The molecule has 2 rings (SSSR count). The summed E-state index contributed by atoms with van der Waals surface area (Å²) >= 11 is 0. The molecule has 5 nitrogen and oxygen atoms in total. The summed E-state index contributed by atoms with van der Waals surface area (Å²) in [6.45, 7) is 8.75. The van der Waals surface area contributed by atoms with Crippen LogP contribution in [0.2, 0.25) is 0 Å². The Labute approximate surface area is 165 Å². The third-order valence-corrected chi connectivity index (χ3v) is 5.80. The summed E-state index contributed by atoms with van der Waals surface area (Å²) in [5.41, 5.74) is 5.77. The van der Waals surface area contributed by atoms with Gasteiger partial charge in [-0.05, 0) is 55.8 Å². The summed E-state index contributed by atoms with van der Waals surface area (Å²) in [5, 5.41) is 2.95. The van der Waals surface area contributed by atoms with Crippen LogP contribution in [0.25, 0.3) is 0 Å². The van der Waals surface area contributed by atoms with Gasteiger partial charge in [-0.3, -0.25) is 9.59 Å². The van der Waals surface area contributed by atoms with Crippen molar-refractivity contribution in [2.24, 2.45) is 23.0 Å².